The maximum atomic E-state index is 5.93. The molecule has 0 spiro atoms. The molecule has 2 heterocycles. The minimum absolute atomic E-state index is 0.882. The Morgan fingerprint density at radius 1 is 1.35 bits per heavy atom. The average molecular weight is 278 g/mol. The summed E-state index contributed by atoms with van der Waals surface area (Å²) in [5.41, 5.74) is 1.32. The zero-order valence-electron chi connectivity index (χ0n) is 13.4. The molecule has 0 radical (unpaired) electrons. The highest BCUT2D eigenvalue weighted by molar-refractivity contribution is 5.20. The summed E-state index contributed by atoms with van der Waals surface area (Å²) < 4.78 is 5.93. The van der Waals surface area contributed by atoms with Crippen LogP contribution in [0.25, 0.3) is 0 Å². The van der Waals surface area contributed by atoms with E-state index in [4.69, 9.17) is 4.42 Å². The summed E-state index contributed by atoms with van der Waals surface area (Å²) in [7, 11) is 0. The van der Waals surface area contributed by atoms with Gasteiger partial charge in [-0.15, -0.1) is 0 Å². The molecular weight excluding hydrogens is 248 g/mol. The molecule has 1 aliphatic heterocycles. The normalized spacial score (nSPS) is 21.1. The Kier molecular flexibility index (Phi) is 6.11. The summed E-state index contributed by atoms with van der Waals surface area (Å²) in [6.07, 6.45) is 5.20. The largest absolute Gasteiger partial charge is 0.465 e. The van der Waals surface area contributed by atoms with Gasteiger partial charge in [0.05, 0.1) is 6.54 Å². The fraction of sp³-hybridized carbons (Fsp3) is 0.765. The highest BCUT2D eigenvalue weighted by atomic mass is 16.3. The molecule has 114 valence electrons. The van der Waals surface area contributed by atoms with Gasteiger partial charge in [0.2, 0.25) is 0 Å². The number of rotatable bonds is 6. The van der Waals surface area contributed by atoms with E-state index in [1.54, 1.807) is 0 Å². The van der Waals surface area contributed by atoms with Crippen LogP contribution >= 0.6 is 0 Å². The molecular formula is C17H30N2O. The number of nitrogens with zero attached hydrogens (tertiary/aromatic N) is 1. The van der Waals surface area contributed by atoms with E-state index < -0.39 is 0 Å². The first-order valence-electron chi connectivity index (χ1n) is 8.20. The van der Waals surface area contributed by atoms with Crippen molar-refractivity contribution in [2.24, 2.45) is 5.92 Å². The molecule has 1 N–H and O–H groups in total. The van der Waals surface area contributed by atoms with E-state index >= 15 is 0 Å². The smallest absolute Gasteiger partial charge is 0.118 e. The lowest BCUT2D eigenvalue weighted by Gasteiger charge is -2.18. The van der Waals surface area contributed by atoms with Crippen molar-refractivity contribution in [1.29, 1.82) is 0 Å². The first-order chi connectivity index (χ1) is 9.69. The summed E-state index contributed by atoms with van der Waals surface area (Å²) >= 11 is 0. The molecule has 1 atom stereocenters. The summed E-state index contributed by atoms with van der Waals surface area (Å²) in [6.45, 7) is 12.1. The number of aryl methyl sites for hydroxylation is 1. The lowest BCUT2D eigenvalue weighted by molar-refractivity contribution is 0.249. The Bertz CT molecular complexity index is 400. The minimum atomic E-state index is 0.882. The van der Waals surface area contributed by atoms with Crippen LogP contribution in [0.4, 0.5) is 0 Å². The molecule has 1 aromatic rings. The van der Waals surface area contributed by atoms with Gasteiger partial charge < -0.3 is 9.73 Å². The summed E-state index contributed by atoms with van der Waals surface area (Å²) in [6, 6.07) is 2.24. The molecule has 1 aliphatic rings. The molecule has 2 rings (SSSR count). The summed E-state index contributed by atoms with van der Waals surface area (Å²) in [4.78, 5) is 2.55. The van der Waals surface area contributed by atoms with Crippen molar-refractivity contribution < 1.29 is 4.42 Å². The summed E-state index contributed by atoms with van der Waals surface area (Å²) in [5, 5.41) is 3.45. The molecule has 3 heteroatoms. The highest BCUT2D eigenvalue weighted by Crippen LogP contribution is 2.20. The Morgan fingerprint density at radius 2 is 2.20 bits per heavy atom. The first kappa shape index (κ1) is 15.6. The number of hydrogen-bond acceptors (Lipinski definition) is 3. The third kappa shape index (κ3) is 4.64. The van der Waals surface area contributed by atoms with Crippen molar-refractivity contribution in [1.82, 2.24) is 10.2 Å². The Balaban J connectivity index is 1.87. The van der Waals surface area contributed by atoms with Gasteiger partial charge in [0.15, 0.2) is 0 Å². The number of hydrogen-bond donors (Lipinski definition) is 1. The molecule has 1 aromatic heterocycles. The van der Waals surface area contributed by atoms with Crippen LogP contribution in [-0.4, -0.2) is 24.5 Å². The number of furan rings is 1. The molecule has 0 aromatic carbocycles. The van der Waals surface area contributed by atoms with E-state index in [9.17, 15) is 0 Å². The van der Waals surface area contributed by atoms with Crippen molar-refractivity contribution in [3.8, 4) is 0 Å². The van der Waals surface area contributed by atoms with Gasteiger partial charge in [0.1, 0.15) is 11.5 Å². The van der Waals surface area contributed by atoms with Crippen LogP contribution in [0.1, 0.15) is 56.6 Å². The maximum Gasteiger partial charge on any atom is 0.118 e. The van der Waals surface area contributed by atoms with Gasteiger partial charge in [-0.1, -0.05) is 13.8 Å². The average Bonchev–Trinajstić information content (AvgIpc) is 2.63. The Hall–Kier alpha value is -0.800. The Morgan fingerprint density at radius 3 is 3.00 bits per heavy atom. The zero-order chi connectivity index (χ0) is 14.4. The second-order valence-electron chi connectivity index (χ2n) is 6.28. The monoisotopic (exact) mass is 278 g/mol. The Labute approximate surface area is 123 Å². The van der Waals surface area contributed by atoms with Gasteiger partial charge in [-0.2, -0.15) is 0 Å². The van der Waals surface area contributed by atoms with Crippen molar-refractivity contribution in [3.05, 3.63) is 23.2 Å². The van der Waals surface area contributed by atoms with Crippen LogP contribution in [-0.2, 0) is 13.1 Å². The molecule has 0 saturated carbocycles. The second kappa shape index (κ2) is 7.84. The second-order valence-corrected chi connectivity index (χ2v) is 6.28. The molecule has 1 unspecified atom stereocenters. The molecule has 3 nitrogen and oxygen atoms in total. The van der Waals surface area contributed by atoms with Crippen LogP contribution in [0.2, 0.25) is 0 Å². The molecule has 0 bridgehead atoms. The quantitative estimate of drug-likeness (QED) is 0.804. The fourth-order valence-electron chi connectivity index (χ4n) is 2.94. The van der Waals surface area contributed by atoms with Crippen LogP contribution in [0.5, 0.6) is 0 Å². The van der Waals surface area contributed by atoms with Crippen molar-refractivity contribution >= 4 is 0 Å². The van der Waals surface area contributed by atoms with Gasteiger partial charge >= 0.3 is 0 Å². The third-order valence-corrected chi connectivity index (χ3v) is 4.30. The molecule has 0 amide bonds. The van der Waals surface area contributed by atoms with Gasteiger partial charge in [-0.3, -0.25) is 4.90 Å². The van der Waals surface area contributed by atoms with Gasteiger partial charge in [-0.05, 0) is 64.2 Å². The van der Waals surface area contributed by atoms with E-state index in [0.717, 1.165) is 37.1 Å². The van der Waals surface area contributed by atoms with Crippen molar-refractivity contribution in [3.63, 3.8) is 0 Å². The van der Waals surface area contributed by atoms with E-state index in [1.165, 1.54) is 44.3 Å². The van der Waals surface area contributed by atoms with Crippen LogP contribution in [0.15, 0.2) is 10.5 Å². The maximum absolute atomic E-state index is 5.93. The predicted octanol–water partition coefficient (Wildman–Crippen LogP) is 3.71. The van der Waals surface area contributed by atoms with Gasteiger partial charge in [0.25, 0.3) is 0 Å². The molecule has 0 aliphatic carbocycles. The number of likely N-dealkylation sites (tertiary alicyclic amines) is 1. The van der Waals surface area contributed by atoms with Gasteiger partial charge in [-0.25, -0.2) is 0 Å². The van der Waals surface area contributed by atoms with E-state index in [0.29, 0.717) is 0 Å². The van der Waals surface area contributed by atoms with Gasteiger partial charge in [0, 0.05) is 12.1 Å². The van der Waals surface area contributed by atoms with Crippen molar-refractivity contribution in [2.75, 3.05) is 19.6 Å². The van der Waals surface area contributed by atoms with Crippen LogP contribution in [0.3, 0.4) is 0 Å². The number of nitrogens with one attached hydrogen (secondary N) is 1. The topological polar surface area (TPSA) is 28.4 Å². The predicted molar refractivity (Wildman–Crippen MR) is 83.7 cm³/mol. The standard InChI is InChI=1S/C17H30N2O/c1-4-8-18-12-16-11-17(20-15(16)3)13-19-9-5-6-14(2)7-10-19/h11,14,18H,4-10,12-13H2,1-3H3. The third-order valence-electron chi connectivity index (χ3n) is 4.30. The molecule has 20 heavy (non-hydrogen) atoms. The van der Waals surface area contributed by atoms with E-state index in [1.807, 2.05) is 0 Å². The lowest BCUT2D eigenvalue weighted by atomic mass is 10.0. The zero-order valence-corrected chi connectivity index (χ0v) is 13.4. The van der Waals surface area contributed by atoms with E-state index in [-0.39, 0.29) is 0 Å². The van der Waals surface area contributed by atoms with Crippen LogP contribution < -0.4 is 5.32 Å². The highest BCUT2D eigenvalue weighted by Gasteiger charge is 2.16. The van der Waals surface area contributed by atoms with E-state index in [2.05, 4.69) is 37.1 Å². The first-order valence-corrected chi connectivity index (χ1v) is 8.20. The van der Waals surface area contributed by atoms with Crippen molar-refractivity contribution in [2.45, 2.75) is 59.5 Å². The van der Waals surface area contributed by atoms with Crippen LogP contribution in [0, 0.1) is 12.8 Å². The summed E-state index contributed by atoms with van der Waals surface area (Å²) in [5.74, 6) is 3.09. The minimum Gasteiger partial charge on any atom is -0.465 e. The molecule has 1 fully saturated rings. The molecule has 1 saturated heterocycles. The SMILES string of the molecule is CCCNCc1cc(CN2CCCC(C)CC2)oc1C. The lowest BCUT2D eigenvalue weighted by Crippen LogP contribution is -2.23. The fourth-order valence-corrected chi connectivity index (χ4v) is 2.94.